The highest BCUT2D eigenvalue weighted by molar-refractivity contribution is 8.03. The lowest BCUT2D eigenvalue weighted by atomic mass is 10.1. The van der Waals surface area contributed by atoms with E-state index in [-0.39, 0.29) is 0 Å². The highest BCUT2D eigenvalue weighted by Crippen LogP contribution is 2.28. The Morgan fingerprint density at radius 1 is 1.70 bits per heavy atom. The first kappa shape index (κ1) is 7.99. The molecule has 58 valence electrons. The van der Waals surface area contributed by atoms with Gasteiger partial charge in [0, 0.05) is 6.20 Å². The molecule has 0 spiro atoms. The van der Waals surface area contributed by atoms with Crippen LogP contribution in [0.5, 0.6) is 0 Å². The summed E-state index contributed by atoms with van der Waals surface area (Å²) in [4.78, 5) is 1.41. The summed E-state index contributed by atoms with van der Waals surface area (Å²) in [6, 6.07) is 0. The van der Waals surface area contributed by atoms with Gasteiger partial charge in [0.25, 0.3) is 0 Å². The van der Waals surface area contributed by atoms with Crippen molar-refractivity contribution < 1.29 is 0 Å². The topological polar surface area (TPSA) is 12.0 Å². The number of hydrogen-bond donors (Lipinski definition) is 1. The van der Waals surface area contributed by atoms with Crippen molar-refractivity contribution in [1.29, 1.82) is 0 Å². The van der Waals surface area contributed by atoms with Gasteiger partial charge in [-0.05, 0) is 24.2 Å². The summed E-state index contributed by atoms with van der Waals surface area (Å²) in [6.07, 6.45) is 3.37. The Morgan fingerprint density at radius 3 is 2.80 bits per heavy atom. The number of rotatable bonds is 2. The van der Waals surface area contributed by atoms with Gasteiger partial charge in [0.2, 0.25) is 0 Å². The van der Waals surface area contributed by atoms with Crippen molar-refractivity contribution in [2.45, 2.75) is 32.6 Å². The zero-order valence-corrected chi connectivity index (χ0v) is 7.66. The van der Waals surface area contributed by atoms with Crippen molar-refractivity contribution in [2.24, 2.45) is 5.92 Å². The first-order valence-electron chi connectivity index (χ1n) is 3.78. The van der Waals surface area contributed by atoms with E-state index in [1.54, 1.807) is 0 Å². The molecule has 1 heterocycles. The van der Waals surface area contributed by atoms with E-state index >= 15 is 0 Å². The zero-order valence-electron chi connectivity index (χ0n) is 6.85. The lowest BCUT2D eigenvalue weighted by molar-refractivity contribution is 0.550. The zero-order chi connectivity index (χ0) is 7.56. The Balaban J connectivity index is 2.23. The molecule has 0 amide bonds. The molecule has 0 saturated carbocycles. The third-order valence-electron chi connectivity index (χ3n) is 1.49. The summed E-state index contributed by atoms with van der Waals surface area (Å²) in [5.74, 6) is 0.796. The minimum atomic E-state index is 0.639. The molecule has 1 aliphatic heterocycles. The molecule has 1 aliphatic rings. The fourth-order valence-electron chi connectivity index (χ4n) is 1.05. The molecule has 1 atom stereocenters. The van der Waals surface area contributed by atoms with Crippen molar-refractivity contribution in [3.05, 3.63) is 11.1 Å². The van der Waals surface area contributed by atoms with E-state index in [1.165, 1.54) is 11.3 Å². The molecule has 10 heavy (non-hydrogen) atoms. The molecule has 0 aromatic heterocycles. The molecular formula is C8H15NS. The van der Waals surface area contributed by atoms with Gasteiger partial charge in [0.1, 0.15) is 0 Å². The lowest BCUT2D eigenvalue weighted by Crippen LogP contribution is -2.17. The van der Waals surface area contributed by atoms with Gasteiger partial charge in [-0.3, -0.25) is 0 Å². The van der Waals surface area contributed by atoms with Gasteiger partial charge < -0.3 is 5.32 Å². The summed E-state index contributed by atoms with van der Waals surface area (Å²) in [5.41, 5.74) is 0. The summed E-state index contributed by atoms with van der Waals surface area (Å²) in [6.45, 7) is 6.67. The van der Waals surface area contributed by atoms with E-state index in [1.807, 2.05) is 11.8 Å². The van der Waals surface area contributed by atoms with E-state index in [4.69, 9.17) is 0 Å². The monoisotopic (exact) mass is 157 g/mol. The maximum absolute atomic E-state index is 3.34. The maximum Gasteiger partial charge on any atom is 0.0763 e. The number of nitrogens with one attached hydrogen (secondary N) is 1. The van der Waals surface area contributed by atoms with Crippen molar-refractivity contribution in [1.82, 2.24) is 5.32 Å². The van der Waals surface area contributed by atoms with Crippen LogP contribution in [0.3, 0.4) is 0 Å². The van der Waals surface area contributed by atoms with Crippen LogP contribution in [0, 0.1) is 5.92 Å². The average Bonchev–Trinajstić information content (AvgIpc) is 2.13. The van der Waals surface area contributed by atoms with Crippen LogP contribution in [-0.4, -0.2) is 5.37 Å². The standard InChI is InChI=1S/C8H15NS/c1-6(2)4-8-9-5-7(3)10-8/h5-6,8-9H,4H2,1-3H3. The van der Waals surface area contributed by atoms with Gasteiger partial charge in [-0.25, -0.2) is 0 Å². The Labute approximate surface area is 67.3 Å². The summed E-state index contributed by atoms with van der Waals surface area (Å²) < 4.78 is 0. The van der Waals surface area contributed by atoms with Gasteiger partial charge in [-0.1, -0.05) is 13.8 Å². The van der Waals surface area contributed by atoms with E-state index < -0.39 is 0 Å². The van der Waals surface area contributed by atoms with Crippen molar-refractivity contribution in [2.75, 3.05) is 0 Å². The highest BCUT2D eigenvalue weighted by atomic mass is 32.2. The van der Waals surface area contributed by atoms with Crippen LogP contribution in [0.25, 0.3) is 0 Å². The fourth-order valence-corrected chi connectivity index (χ4v) is 2.25. The molecule has 0 fully saturated rings. The van der Waals surface area contributed by atoms with E-state index in [0.717, 1.165) is 5.92 Å². The molecule has 0 radical (unpaired) electrons. The van der Waals surface area contributed by atoms with Crippen LogP contribution in [0.15, 0.2) is 11.1 Å². The fraction of sp³-hybridized carbons (Fsp3) is 0.750. The molecule has 1 rings (SSSR count). The first-order chi connectivity index (χ1) is 4.68. The second-order valence-electron chi connectivity index (χ2n) is 3.16. The Kier molecular flexibility index (Phi) is 2.66. The Morgan fingerprint density at radius 2 is 2.40 bits per heavy atom. The van der Waals surface area contributed by atoms with Crippen LogP contribution in [0.2, 0.25) is 0 Å². The van der Waals surface area contributed by atoms with Crippen LogP contribution in [0.1, 0.15) is 27.2 Å². The third-order valence-corrected chi connectivity index (χ3v) is 2.59. The van der Waals surface area contributed by atoms with Gasteiger partial charge in [0.15, 0.2) is 0 Å². The SMILES string of the molecule is CC1=CNC(CC(C)C)S1. The number of hydrogen-bond acceptors (Lipinski definition) is 2. The minimum Gasteiger partial charge on any atom is -0.378 e. The first-order valence-corrected chi connectivity index (χ1v) is 4.66. The molecule has 0 aromatic rings. The van der Waals surface area contributed by atoms with Crippen molar-refractivity contribution in [3.8, 4) is 0 Å². The van der Waals surface area contributed by atoms with Gasteiger partial charge in [-0.15, -0.1) is 11.8 Å². The van der Waals surface area contributed by atoms with Crippen LogP contribution >= 0.6 is 11.8 Å². The highest BCUT2D eigenvalue weighted by Gasteiger charge is 2.14. The minimum absolute atomic E-state index is 0.639. The van der Waals surface area contributed by atoms with Crippen LogP contribution < -0.4 is 5.32 Å². The third kappa shape index (κ3) is 2.25. The van der Waals surface area contributed by atoms with Gasteiger partial charge in [-0.2, -0.15) is 0 Å². The quantitative estimate of drug-likeness (QED) is 0.661. The Hall–Kier alpha value is -0.110. The second kappa shape index (κ2) is 3.33. The summed E-state index contributed by atoms with van der Waals surface area (Å²) in [5, 5.41) is 3.98. The van der Waals surface area contributed by atoms with Crippen molar-refractivity contribution in [3.63, 3.8) is 0 Å². The molecule has 0 aromatic carbocycles. The van der Waals surface area contributed by atoms with Crippen molar-refractivity contribution >= 4 is 11.8 Å². The summed E-state index contributed by atoms with van der Waals surface area (Å²) in [7, 11) is 0. The van der Waals surface area contributed by atoms with E-state index in [9.17, 15) is 0 Å². The average molecular weight is 157 g/mol. The normalized spacial score (nSPS) is 24.8. The lowest BCUT2D eigenvalue weighted by Gasteiger charge is -2.12. The molecule has 1 nitrogen and oxygen atoms in total. The van der Waals surface area contributed by atoms with Gasteiger partial charge in [0.05, 0.1) is 5.37 Å². The molecule has 0 bridgehead atoms. The maximum atomic E-state index is 3.34. The summed E-state index contributed by atoms with van der Waals surface area (Å²) >= 11 is 1.94. The molecule has 2 heteroatoms. The smallest absolute Gasteiger partial charge is 0.0763 e. The molecule has 1 N–H and O–H groups in total. The molecule has 0 aliphatic carbocycles. The predicted molar refractivity (Wildman–Crippen MR) is 47.7 cm³/mol. The van der Waals surface area contributed by atoms with Crippen LogP contribution in [0.4, 0.5) is 0 Å². The molecular weight excluding hydrogens is 142 g/mol. The molecule has 1 unspecified atom stereocenters. The van der Waals surface area contributed by atoms with E-state index in [2.05, 4.69) is 32.3 Å². The number of allylic oxidation sites excluding steroid dienone is 1. The number of thioether (sulfide) groups is 1. The van der Waals surface area contributed by atoms with E-state index in [0.29, 0.717) is 5.37 Å². The molecule has 0 saturated heterocycles. The van der Waals surface area contributed by atoms with Crippen LogP contribution in [-0.2, 0) is 0 Å². The predicted octanol–water partition coefficient (Wildman–Crippen LogP) is 2.56. The van der Waals surface area contributed by atoms with Gasteiger partial charge >= 0.3 is 0 Å². The second-order valence-corrected chi connectivity index (χ2v) is 4.61. The Bertz CT molecular complexity index is 140. The largest absolute Gasteiger partial charge is 0.378 e.